The van der Waals surface area contributed by atoms with Gasteiger partial charge in [0.1, 0.15) is 0 Å². The zero-order chi connectivity index (χ0) is 14.5. The molecule has 2 nitrogen and oxygen atoms in total. The summed E-state index contributed by atoms with van der Waals surface area (Å²) in [6.07, 6.45) is 3.38. The van der Waals surface area contributed by atoms with Crippen molar-refractivity contribution in [2.24, 2.45) is 0 Å². The lowest BCUT2D eigenvalue weighted by Gasteiger charge is -2.24. The Balaban J connectivity index is 0.000000399. The van der Waals surface area contributed by atoms with Gasteiger partial charge in [0.25, 0.3) is 0 Å². The summed E-state index contributed by atoms with van der Waals surface area (Å²) in [7, 11) is 0. The number of fused-ring (bicyclic) bond motifs is 1. The van der Waals surface area contributed by atoms with Gasteiger partial charge >= 0.3 is 0 Å². The van der Waals surface area contributed by atoms with Crippen molar-refractivity contribution < 1.29 is 10.2 Å². The largest absolute Gasteiger partial charge is 0.396 e. The average molecular weight is 262 g/mol. The number of aliphatic hydroxyl groups excluding tert-OH is 1. The first-order chi connectivity index (χ1) is 8.92. The molecule has 2 heteroatoms. The van der Waals surface area contributed by atoms with E-state index in [-0.39, 0.29) is 0 Å². The van der Waals surface area contributed by atoms with Crippen LogP contribution in [0, 0.1) is 6.92 Å². The van der Waals surface area contributed by atoms with Crippen LogP contribution in [0.4, 0.5) is 0 Å². The lowest BCUT2D eigenvalue weighted by Crippen LogP contribution is -2.22. The molecule has 1 atom stereocenters. The highest BCUT2D eigenvalue weighted by molar-refractivity contribution is 5.40. The number of aryl methyl sites for hydroxylation is 2. The molecule has 0 aliphatic heterocycles. The Morgan fingerprint density at radius 1 is 1.42 bits per heavy atom. The van der Waals surface area contributed by atoms with Crippen molar-refractivity contribution in [2.45, 2.75) is 52.1 Å². The summed E-state index contributed by atoms with van der Waals surface area (Å²) in [5.74, 6) is 0. The van der Waals surface area contributed by atoms with Crippen LogP contribution in [0.5, 0.6) is 0 Å². The summed E-state index contributed by atoms with van der Waals surface area (Å²) < 4.78 is 0. The van der Waals surface area contributed by atoms with Crippen molar-refractivity contribution >= 4 is 0 Å². The third kappa shape index (κ3) is 4.19. The lowest BCUT2D eigenvalue weighted by molar-refractivity contribution is 0.0391. The van der Waals surface area contributed by atoms with E-state index in [1.165, 1.54) is 11.1 Å². The summed E-state index contributed by atoms with van der Waals surface area (Å²) in [6, 6.07) is 6.37. The summed E-state index contributed by atoms with van der Waals surface area (Å²) in [6.45, 7) is 10.2. The van der Waals surface area contributed by atoms with Crippen LogP contribution in [0.3, 0.4) is 0 Å². The third-order valence-electron chi connectivity index (χ3n) is 3.39. The van der Waals surface area contributed by atoms with Gasteiger partial charge in [0.15, 0.2) is 0 Å². The number of rotatable bonds is 3. The number of aliphatic hydroxyl groups is 2. The molecule has 0 saturated carbocycles. The smallest absolute Gasteiger partial charge is 0.0939 e. The zero-order valence-electron chi connectivity index (χ0n) is 12.4. The summed E-state index contributed by atoms with van der Waals surface area (Å²) >= 11 is 0. The zero-order valence-corrected chi connectivity index (χ0v) is 12.4. The predicted molar refractivity (Wildman–Crippen MR) is 80.2 cm³/mol. The van der Waals surface area contributed by atoms with Gasteiger partial charge in [0.2, 0.25) is 0 Å². The van der Waals surface area contributed by atoms with E-state index in [1.54, 1.807) is 0 Å². The van der Waals surface area contributed by atoms with Gasteiger partial charge in [-0.3, -0.25) is 0 Å². The predicted octanol–water partition coefficient (Wildman–Crippen LogP) is 3.48. The standard InChI is InChI=1S/C14H18O.C3H8O/c1-10(2)9-14(15)7-6-12-5-4-11(3)8-13(12)14;1-2-3-4/h4-5,8,15H,1,6-7,9H2,2-3H3;4H,2-3H2,1H3. The average Bonchev–Trinajstić information content (AvgIpc) is 2.66. The molecule has 2 N–H and O–H groups in total. The van der Waals surface area contributed by atoms with Crippen molar-refractivity contribution in [3.8, 4) is 0 Å². The van der Waals surface area contributed by atoms with Crippen LogP contribution >= 0.6 is 0 Å². The molecule has 0 aromatic heterocycles. The van der Waals surface area contributed by atoms with Gasteiger partial charge in [-0.1, -0.05) is 36.3 Å². The fourth-order valence-electron chi connectivity index (χ4n) is 2.50. The molecule has 19 heavy (non-hydrogen) atoms. The summed E-state index contributed by atoms with van der Waals surface area (Å²) in [5.41, 5.74) is 4.02. The van der Waals surface area contributed by atoms with Crippen LogP contribution in [-0.4, -0.2) is 16.8 Å². The Morgan fingerprint density at radius 3 is 2.58 bits per heavy atom. The molecule has 0 heterocycles. The highest BCUT2D eigenvalue weighted by atomic mass is 16.3. The first kappa shape index (κ1) is 15.9. The molecule has 0 amide bonds. The van der Waals surface area contributed by atoms with Gasteiger partial charge in [-0.2, -0.15) is 0 Å². The number of hydrogen-bond donors (Lipinski definition) is 2. The Hall–Kier alpha value is -1.12. The molecule has 0 bridgehead atoms. The second-order valence-electron chi connectivity index (χ2n) is 5.55. The highest BCUT2D eigenvalue weighted by Crippen LogP contribution is 2.41. The van der Waals surface area contributed by atoms with Crippen LogP contribution in [-0.2, 0) is 12.0 Å². The van der Waals surface area contributed by atoms with Crippen molar-refractivity contribution in [3.63, 3.8) is 0 Å². The van der Waals surface area contributed by atoms with Crippen molar-refractivity contribution in [2.75, 3.05) is 6.61 Å². The SMILES string of the molecule is C=C(C)CC1(O)CCc2ccc(C)cc21.CCCO. The molecule has 0 saturated heterocycles. The number of hydrogen-bond acceptors (Lipinski definition) is 2. The topological polar surface area (TPSA) is 40.5 Å². The molecule has 1 aromatic carbocycles. The second-order valence-corrected chi connectivity index (χ2v) is 5.55. The highest BCUT2D eigenvalue weighted by Gasteiger charge is 2.36. The summed E-state index contributed by atoms with van der Waals surface area (Å²) in [4.78, 5) is 0. The second kappa shape index (κ2) is 6.88. The Morgan fingerprint density at radius 2 is 2.05 bits per heavy atom. The van der Waals surface area contributed by atoms with E-state index in [4.69, 9.17) is 5.11 Å². The molecule has 1 aromatic rings. The van der Waals surface area contributed by atoms with E-state index >= 15 is 0 Å². The maximum atomic E-state index is 10.6. The molecule has 0 fully saturated rings. The fourth-order valence-corrected chi connectivity index (χ4v) is 2.50. The van der Waals surface area contributed by atoms with Crippen LogP contribution in [0.2, 0.25) is 0 Å². The lowest BCUT2D eigenvalue weighted by atomic mass is 9.89. The molecule has 1 unspecified atom stereocenters. The monoisotopic (exact) mass is 262 g/mol. The van der Waals surface area contributed by atoms with Crippen molar-refractivity contribution in [1.82, 2.24) is 0 Å². The minimum atomic E-state index is -0.660. The third-order valence-corrected chi connectivity index (χ3v) is 3.39. The van der Waals surface area contributed by atoms with Gasteiger partial charge < -0.3 is 10.2 Å². The molecule has 0 spiro atoms. The summed E-state index contributed by atoms with van der Waals surface area (Å²) in [5, 5.41) is 18.5. The van der Waals surface area contributed by atoms with E-state index < -0.39 is 5.60 Å². The molecule has 0 radical (unpaired) electrons. The fraction of sp³-hybridized carbons (Fsp3) is 0.529. The first-order valence-electron chi connectivity index (χ1n) is 7.00. The molecular formula is C17H26O2. The van der Waals surface area contributed by atoms with E-state index in [0.717, 1.165) is 30.4 Å². The quantitative estimate of drug-likeness (QED) is 0.819. The van der Waals surface area contributed by atoms with Crippen LogP contribution < -0.4 is 0 Å². The van der Waals surface area contributed by atoms with Gasteiger partial charge in [0.05, 0.1) is 5.60 Å². The molecule has 1 aliphatic carbocycles. The minimum absolute atomic E-state index is 0.319. The Bertz CT molecular complexity index is 435. The molecule has 2 rings (SSSR count). The van der Waals surface area contributed by atoms with E-state index in [2.05, 4.69) is 31.7 Å². The Labute approximate surface area is 116 Å². The van der Waals surface area contributed by atoms with Crippen molar-refractivity contribution in [3.05, 3.63) is 47.0 Å². The Kier molecular flexibility index (Phi) is 5.77. The molecular weight excluding hydrogens is 236 g/mol. The van der Waals surface area contributed by atoms with Crippen LogP contribution in [0.15, 0.2) is 30.4 Å². The molecule has 106 valence electrons. The van der Waals surface area contributed by atoms with E-state index in [0.29, 0.717) is 13.0 Å². The van der Waals surface area contributed by atoms with Crippen molar-refractivity contribution in [1.29, 1.82) is 0 Å². The van der Waals surface area contributed by atoms with Gasteiger partial charge in [0, 0.05) is 13.0 Å². The van der Waals surface area contributed by atoms with E-state index in [9.17, 15) is 5.11 Å². The van der Waals surface area contributed by atoms with Crippen LogP contribution in [0.1, 0.15) is 49.8 Å². The number of benzene rings is 1. The maximum absolute atomic E-state index is 10.6. The van der Waals surface area contributed by atoms with E-state index in [1.807, 2.05) is 13.8 Å². The van der Waals surface area contributed by atoms with Gasteiger partial charge in [-0.15, -0.1) is 6.58 Å². The maximum Gasteiger partial charge on any atom is 0.0939 e. The van der Waals surface area contributed by atoms with Crippen LogP contribution in [0.25, 0.3) is 0 Å². The molecule has 1 aliphatic rings. The van der Waals surface area contributed by atoms with Gasteiger partial charge in [-0.25, -0.2) is 0 Å². The minimum Gasteiger partial charge on any atom is -0.396 e. The van der Waals surface area contributed by atoms with Gasteiger partial charge in [-0.05, 0) is 44.2 Å². The first-order valence-corrected chi connectivity index (χ1v) is 7.00. The normalized spacial score (nSPS) is 20.5.